The number of unbranched alkanes of at least 4 members (excludes halogenated alkanes) is 1. The lowest BCUT2D eigenvalue weighted by Gasteiger charge is -2.19. The van der Waals surface area contributed by atoms with Gasteiger partial charge >= 0.3 is 0 Å². The Hall–Kier alpha value is -3.32. The lowest BCUT2D eigenvalue weighted by Crippen LogP contribution is -2.26. The number of nitrogens with zero attached hydrogens (tertiary/aromatic N) is 1. The smallest absolute Gasteiger partial charge is 0.264 e. The summed E-state index contributed by atoms with van der Waals surface area (Å²) in [6, 6.07) is 21.9. The van der Waals surface area contributed by atoms with E-state index in [4.69, 9.17) is 4.74 Å². The Morgan fingerprint density at radius 1 is 0.968 bits per heavy atom. The largest absolute Gasteiger partial charge is 0.494 e. The normalized spacial score (nSPS) is 11.0. The van der Waals surface area contributed by atoms with Gasteiger partial charge in [-0.3, -0.25) is 9.10 Å². The van der Waals surface area contributed by atoms with Crippen LogP contribution in [0.15, 0.2) is 83.8 Å². The van der Waals surface area contributed by atoms with Crippen molar-refractivity contribution in [2.75, 3.05) is 23.3 Å². The number of anilines is 2. The summed E-state index contributed by atoms with van der Waals surface area (Å²) >= 11 is 0. The molecule has 0 heterocycles. The number of carbonyl (C=O) groups is 1. The summed E-state index contributed by atoms with van der Waals surface area (Å²) in [7, 11) is -2.19. The van der Waals surface area contributed by atoms with E-state index in [0.29, 0.717) is 29.3 Å². The van der Waals surface area contributed by atoms with E-state index in [-0.39, 0.29) is 10.8 Å². The Bertz CT molecular complexity index is 1110. The molecular weight excluding hydrogens is 412 g/mol. The predicted molar refractivity (Wildman–Crippen MR) is 123 cm³/mol. The van der Waals surface area contributed by atoms with Crippen LogP contribution in [0, 0.1) is 0 Å². The molecule has 0 atom stereocenters. The van der Waals surface area contributed by atoms with E-state index in [0.717, 1.165) is 12.8 Å². The number of rotatable bonds is 9. The van der Waals surface area contributed by atoms with E-state index < -0.39 is 10.0 Å². The third-order valence-electron chi connectivity index (χ3n) is 4.75. The van der Waals surface area contributed by atoms with Crippen molar-refractivity contribution in [3.63, 3.8) is 0 Å². The number of ether oxygens (including phenoxy) is 1. The van der Waals surface area contributed by atoms with Gasteiger partial charge in [-0.05, 0) is 61.0 Å². The fourth-order valence-electron chi connectivity index (χ4n) is 2.91. The van der Waals surface area contributed by atoms with Crippen LogP contribution in [0.4, 0.5) is 11.4 Å². The number of hydrogen-bond acceptors (Lipinski definition) is 4. The number of nitrogens with one attached hydrogen (secondary N) is 1. The molecule has 0 aliphatic rings. The fraction of sp³-hybridized carbons (Fsp3) is 0.208. The molecule has 0 aliphatic carbocycles. The first-order chi connectivity index (χ1) is 14.9. The van der Waals surface area contributed by atoms with Crippen molar-refractivity contribution in [2.24, 2.45) is 0 Å². The molecule has 1 N–H and O–H groups in total. The van der Waals surface area contributed by atoms with E-state index in [9.17, 15) is 13.2 Å². The van der Waals surface area contributed by atoms with Gasteiger partial charge in [-0.2, -0.15) is 0 Å². The van der Waals surface area contributed by atoms with Gasteiger partial charge in [-0.15, -0.1) is 0 Å². The average molecular weight is 439 g/mol. The third-order valence-corrected chi connectivity index (χ3v) is 6.55. The van der Waals surface area contributed by atoms with Crippen molar-refractivity contribution in [3.8, 4) is 5.75 Å². The second-order valence-electron chi connectivity index (χ2n) is 7.02. The molecule has 3 aromatic rings. The van der Waals surface area contributed by atoms with E-state index >= 15 is 0 Å². The minimum absolute atomic E-state index is 0.142. The maximum atomic E-state index is 12.9. The molecule has 7 heteroatoms. The van der Waals surface area contributed by atoms with Crippen molar-refractivity contribution < 1.29 is 17.9 Å². The summed E-state index contributed by atoms with van der Waals surface area (Å²) in [6.45, 7) is 2.69. The molecule has 0 unspecified atom stereocenters. The zero-order valence-corrected chi connectivity index (χ0v) is 18.4. The SMILES string of the molecule is CCCCOc1cccc(C(=O)Nc2ccc(S(=O)(=O)N(C)c3ccccc3)cc2)c1. The van der Waals surface area contributed by atoms with Crippen molar-refractivity contribution in [3.05, 3.63) is 84.4 Å². The van der Waals surface area contributed by atoms with Crippen LogP contribution in [0.3, 0.4) is 0 Å². The van der Waals surface area contributed by atoms with Gasteiger partial charge < -0.3 is 10.1 Å². The highest BCUT2D eigenvalue weighted by atomic mass is 32.2. The minimum atomic E-state index is -3.70. The molecule has 0 aromatic heterocycles. The molecule has 0 spiro atoms. The molecule has 0 fully saturated rings. The van der Waals surface area contributed by atoms with Crippen LogP contribution in [0.2, 0.25) is 0 Å². The molecule has 3 aromatic carbocycles. The molecule has 6 nitrogen and oxygen atoms in total. The number of carbonyl (C=O) groups excluding carboxylic acids is 1. The highest BCUT2D eigenvalue weighted by molar-refractivity contribution is 7.92. The van der Waals surface area contributed by atoms with Gasteiger partial charge in [0.25, 0.3) is 15.9 Å². The topological polar surface area (TPSA) is 75.7 Å². The maximum absolute atomic E-state index is 12.9. The van der Waals surface area contributed by atoms with Crippen molar-refractivity contribution in [1.29, 1.82) is 0 Å². The summed E-state index contributed by atoms with van der Waals surface area (Å²) in [4.78, 5) is 12.7. The van der Waals surface area contributed by atoms with Crippen LogP contribution in [0.5, 0.6) is 5.75 Å². The van der Waals surface area contributed by atoms with Gasteiger partial charge in [-0.1, -0.05) is 37.6 Å². The van der Waals surface area contributed by atoms with E-state index in [2.05, 4.69) is 12.2 Å². The Balaban J connectivity index is 1.69. The first-order valence-corrected chi connectivity index (χ1v) is 11.5. The second kappa shape index (κ2) is 10.1. The van der Waals surface area contributed by atoms with Crippen molar-refractivity contribution in [2.45, 2.75) is 24.7 Å². The Morgan fingerprint density at radius 3 is 2.35 bits per heavy atom. The van der Waals surface area contributed by atoms with E-state index in [1.54, 1.807) is 54.6 Å². The molecule has 0 saturated carbocycles. The third kappa shape index (κ3) is 5.64. The van der Waals surface area contributed by atoms with Gasteiger partial charge in [-0.25, -0.2) is 8.42 Å². The Kier molecular flexibility index (Phi) is 7.31. The number of para-hydroxylation sites is 1. The van der Waals surface area contributed by atoms with Gasteiger partial charge in [0.05, 0.1) is 17.2 Å². The summed E-state index contributed by atoms with van der Waals surface area (Å²) in [5, 5.41) is 2.79. The van der Waals surface area contributed by atoms with E-state index in [1.165, 1.54) is 23.5 Å². The number of sulfonamides is 1. The molecule has 162 valence electrons. The monoisotopic (exact) mass is 438 g/mol. The highest BCUT2D eigenvalue weighted by Crippen LogP contribution is 2.23. The van der Waals surface area contributed by atoms with Crippen LogP contribution in [-0.4, -0.2) is 28.0 Å². The first kappa shape index (κ1) is 22.4. The number of hydrogen-bond donors (Lipinski definition) is 1. The van der Waals surface area contributed by atoms with E-state index in [1.807, 2.05) is 12.1 Å². The molecule has 0 saturated heterocycles. The second-order valence-corrected chi connectivity index (χ2v) is 8.99. The highest BCUT2D eigenvalue weighted by Gasteiger charge is 2.21. The van der Waals surface area contributed by atoms with Gasteiger partial charge in [0, 0.05) is 18.3 Å². The molecule has 31 heavy (non-hydrogen) atoms. The molecule has 0 bridgehead atoms. The van der Waals surface area contributed by atoms with Crippen LogP contribution in [0.1, 0.15) is 30.1 Å². The van der Waals surface area contributed by atoms with Crippen LogP contribution < -0.4 is 14.4 Å². The van der Waals surface area contributed by atoms with Crippen molar-refractivity contribution in [1.82, 2.24) is 0 Å². The van der Waals surface area contributed by atoms with Gasteiger partial charge in [0.15, 0.2) is 0 Å². The molecule has 0 radical (unpaired) electrons. The minimum Gasteiger partial charge on any atom is -0.494 e. The van der Waals surface area contributed by atoms with Crippen molar-refractivity contribution >= 4 is 27.3 Å². The van der Waals surface area contributed by atoms with Crippen LogP contribution in [-0.2, 0) is 10.0 Å². The number of benzene rings is 3. The summed E-state index contributed by atoms with van der Waals surface area (Å²) < 4.78 is 32.6. The average Bonchev–Trinajstić information content (AvgIpc) is 2.80. The van der Waals surface area contributed by atoms with Gasteiger partial charge in [0.1, 0.15) is 5.75 Å². The molecule has 1 amide bonds. The van der Waals surface area contributed by atoms with Gasteiger partial charge in [0.2, 0.25) is 0 Å². The summed E-state index contributed by atoms with van der Waals surface area (Å²) in [5.74, 6) is 0.351. The molecule has 3 rings (SSSR count). The standard InChI is InChI=1S/C24H26N2O4S/c1-3-4-17-30-22-12-8-9-19(18-22)24(27)25-20-13-15-23(16-14-20)31(28,29)26(2)21-10-6-5-7-11-21/h5-16,18H,3-4,17H2,1-2H3,(H,25,27). The Labute approximate surface area is 183 Å². The summed E-state index contributed by atoms with van der Waals surface area (Å²) in [5.41, 5.74) is 1.54. The lowest BCUT2D eigenvalue weighted by atomic mass is 10.2. The lowest BCUT2D eigenvalue weighted by molar-refractivity contribution is 0.102. The zero-order valence-electron chi connectivity index (χ0n) is 17.6. The first-order valence-electron chi connectivity index (χ1n) is 10.1. The zero-order chi connectivity index (χ0) is 22.3. The number of amides is 1. The van der Waals surface area contributed by atoms with Crippen LogP contribution >= 0.6 is 0 Å². The summed E-state index contributed by atoms with van der Waals surface area (Å²) in [6.07, 6.45) is 1.98. The quantitative estimate of drug-likeness (QED) is 0.480. The Morgan fingerprint density at radius 2 is 1.68 bits per heavy atom. The molecular formula is C24H26N2O4S. The fourth-order valence-corrected chi connectivity index (χ4v) is 4.11. The maximum Gasteiger partial charge on any atom is 0.264 e. The molecule has 0 aliphatic heterocycles. The van der Waals surface area contributed by atoms with Crippen LogP contribution in [0.25, 0.3) is 0 Å². The predicted octanol–water partition coefficient (Wildman–Crippen LogP) is 4.94.